The Bertz CT molecular complexity index is 465. The highest BCUT2D eigenvalue weighted by molar-refractivity contribution is 5.36. The summed E-state index contributed by atoms with van der Waals surface area (Å²) in [5.41, 5.74) is 0.533. The highest BCUT2D eigenvalue weighted by Crippen LogP contribution is 2.27. The zero-order chi connectivity index (χ0) is 14.7. The number of hydrogen-bond acceptors (Lipinski definition) is 3. The van der Waals surface area contributed by atoms with Gasteiger partial charge in [0.1, 0.15) is 11.9 Å². The van der Waals surface area contributed by atoms with E-state index in [2.05, 4.69) is 10.2 Å². The number of likely N-dealkylation sites (tertiary alicyclic amines) is 1. The van der Waals surface area contributed by atoms with E-state index in [9.17, 15) is 8.78 Å². The monoisotopic (exact) mass is 284 g/mol. The molecule has 0 bridgehead atoms. The first-order chi connectivity index (χ1) is 9.45. The molecule has 20 heavy (non-hydrogen) atoms. The number of rotatable bonds is 5. The van der Waals surface area contributed by atoms with Crippen molar-refractivity contribution in [1.82, 2.24) is 10.2 Å². The van der Waals surface area contributed by atoms with E-state index in [0.717, 1.165) is 25.6 Å². The Labute approximate surface area is 118 Å². The Morgan fingerprint density at radius 2 is 2.15 bits per heavy atom. The molecule has 1 fully saturated rings. The summed E-state index contributed by atoms with van der Waals surface area (Å²) in [6, 6.07) is 2.46. The summed E-state index contributed by atoms with van der Waals surface area (Å²) in [5.74, 6) is -1.01. The third-order valence-electron chi connectivity index (χ3n) is 3.42. The van der Waals surface area contributed by atoms with Crippen LogP contribution in [0.4, 0.5) is 8.78 Å². The molecule has 0 amide bonds. The predicted molar refractivity (Wildman–Crippen MR) is 74.9 cm³/mol. The minimum absolute atomic E-state index is 0.0299. The van der Waals surface area contributed by atoms with E-state index in [0.29, 0.717) is 12.1 Å². The maximum Gasteiger partial charge on any atom is 0.168 e. The van der Waals surface area contributed by atoms with Crippen LogP contribution in [0.1, 0.15) is 25.8 Å². The van der Waals surface area contributed by atoms with Crippen LogP contribution in [-0.4, -0.2) is 37.2 Å². The van der Waals surface area contributed by atoms with Gasteiger partial charge in [-0.25, -0.2) is 8.78 Å². The fraction of sp³-hybridized carbons (Fsp3) is 0.600. The van der Waals surface area contributed by atoms with Gasteiger partial charge in [0.05, 0.1) is 0 Å². The number of ether oxygens (including phenoxy) is 1. The lowest BCUT2D eigenvalue weighted by atomic mass is 10.1. The molecule has 112 valence electrons. The van der Waals surface area contributed by atoms with E-state index in [1.165, 1.54) is 6.07 Å². The third-order valence-corrected chi connectivity index (χ3v) is 3.42. The molecule has 2 rings (SSSR count). The number of benzene rings is 1. The molecule has 1 aliphatic heterocycles. The van der Waals surface area contributed by atoms with Gasteiger partial charge in [0.15, 0.2) is 11.6 Å². The van der Waals surface area contributed by atoms with Gasteiger partial charge in [-0.1, -0.05) is 13.8 Å². The molecule has 0 aromatic heterocycles. The van der Waals surface area contributed by atoms with Gasteiger partial charge in [0.2, 0.25) is 0 Å². The second-order valence-corrected chi connectivity index (χ2v) is 5.70. The van der Waals surface area contributed by atoms with E-state index in [-0.39, 0.29) is 17.9 Å². The third kappa shape index (κ3) is 3.90. The zero-order valence-corrected chi connectivity index (χ0v) is 12.2. The van der Waals surface area contributed by atoms with Crippen molar-refractivity contribution in [2.24, 2.45) is 0 Å². The van der Waals surface area contributed by atoms with Gasteiger partial charge < -0.3 is 15.0 Å². The van der Waals surface area contributed by atoms with Gasteiger partial charge in [0.25, 0.3) is 0 Å². The summed E-state index contributed by atoms with van der Waals surface area (Å²) in [7, 11) is 2.01. The molecule has 0 radical (unpaired) electrons. The summed E-state index contributed by atoms with van der Waals surface area (Å²) in [6.07, 6.45) is 0.836. The summed E-state index contributed by atoms with van der Waals surface area (Å²) >= 11 is 0. The molecule has 1 saturated heterocycles. The summed E-state index contributed by atoms with van der Waals surface area (Å²) in [5, 5.41) is 3.17. The first-order valence-electron chi connectivity index (χ1n) is 7.02. The molecule has 1 atom stereocenters. The molecule has 0 spiro atoms. The topological polar surface area (TPSA) is 24.5 Å². The van der Waals surface area contributed by atoms with Crippen molar-refractivity contribution >= 4 is 0 Å². The molecule has 1 heterocycles. The van der Waals surface area contributed by atoms with Crippen LogP contribution in [0.3, 0.4) is 0 Å². The molecular formula is C15H22F2N2O. The Morgan fingerprint density at radius 1 is 1.40 bits per heavy atom. The van der Waals surface area contributed by atoms with Crippen molar-refractivity contribution in [3.8, 4) is 5.75 Å². The molecule has 0 unspecified atom stereocenters. The van der Waals surface area contributed by atoms with E-state index in [1.807, 2.05) is 20.9 Å². The lowest BCUT2D eigenvalue weighted by molar-refractivity contribution is 0.196. The Balaban J connectivity index is 2.16. The van der Waals surface area contributed by atoms with Crippen LogP contribution in [0.25, 0.3) is 0 Å². The van der Waals surface area contributed by atoms with Gasteiger partial charge >= 0.3 is 0 Å². The van der Waals surface area contributed by atoms with Crippen LogP contribution in [0.5, 0.6) is 5.75 Å². The smallest absolute Gasteiger partial charge is 0.168 e. The van der Waals surface area contributed by atoms with Crippen LogP contribution in [0, 0.1) is 11.6 Å². The largest absolute Gasteiger partial charge is 0.486 e. The molecule has 0 saturated carbocycles. The lowest BCUT2D eigenvalue weighted by Crippen LogP contribution is -2.25. The van der Waals surface area contributed by atoms with E-state index in [1.54, 1.807) is 0 Å². The number of likely N-dealkylation sites (N-methyl/N-ethyl adjacent to an activating group) is 1. The zero-order valence-electron chi connectivity index (χ0n) is 12.2. The van der Waals surface area contributed by atoms with Crippen LogP contribution in [0.15, 0.2) is 12.1 Å². The predicted octanol–water partition coefficient (Wildman–Crippen LogP) is 2.55. The fourth-order valence-corrected chi connectivity index (χ4v) is 2.35. The Kier molecular flexibility index (Phi) is 4.94. The van der Waals surface area contributed by atoms with Crippen molar-refractivity contribution in [2.45, 2.75) is 39.0 Å². The molecule has 1 aliphatic rings. The minimum atomic E-state index is -0.625. The van der Waals surface area contributed by atoms with E-state index < -0.39 is 11.6 Å². The fourth-order valence-electron chi connectivity index (χ4n) is 2.35. The molecule has 1 aromatic rings. The first kappa shape index (κ1) is 15.2. The lowest BCUT2D eigenvalue weighted by Gasteiger charge is -2.18. The van der Waals surface area contributed by atoms with E-state index in [4.69, 9.17) is 4.74 Å². The molecule has 1 aromatic carbocycles. The normalized spacial score (nSPS) is 19.8. The van der Waals surface area contributed by atoms with Gasteiger partial charge in [-0.15, -0.1) is 0 Å². The number of halogens is 2. The highest BCUT2D eigenvalue weighted by atomic mass is 19.1. The quantitative estimate of drug-likeness (QED) is 0.899. The van der Waals surface area contributed by atoms with Crippen molar-refractivity contribution in [3.63, 3.8) is 0 Å². The van der Waals surface area contributed by atoms with Gasteiger partial charge in [-0.2, -0.15) is 0 Å². The molecular weight excluding hydrogens is 262 g/mol. The molecule has 1 N–H and O–H groups in total. The maximum absolute atomic E-state index is 14.0. The average molecular weight is 284 g/mol. The number of nitrogens with one attached hydrogen (secondary N) is 1. The number of nitrogens with zero attached hydrogens (tertiary/aromatic N) is 1. The molecule has 0 aliphatic carbocycles. The molecule has 5 heteroatoms. The summed E-state index contributed by atoms with van der Waals surface area (Å²) in [6.45, 7) is 6.08. The minimum Gasteiger partial charge on any atom is -0.486 e. The standard InChI is InChI=1S/C15H22F2N2O/c1-10(2)18-8-11-6-12(16)7-14(17)15(11)20-13-4-5-19(3)9-13/h6-7,10,13,18H,4-5,8-9H2,1-3H3/t13-/m1/s1. The Hall–Kier alpha value is -1.20. The van der Waals surface area contributed by atoms with Crippen LogP contribution >= 0.6 is 0 Å². The van der Waals surface area contributed by atoms with Crippen molar-refractivity contribution in [1.29, 1.82) is 0 Å². The second-order valence-electron chi connectivity index (χ2n) is 5.70. The SMILES string of the molecule is CC(C)NCc1cc(F)cc(F)c1O[C@@H]1CCN(C)C1. The maximum atomic E-state index is 14.0. The van der Waals surface area contributed by atoms with Crippen molar-refractivity contribution < 1.29 is 13.5 Å². The van der Waals surface area contributed by atoms with Gasteiger partial charge in [-0.05, 0) is 19.5 Å². The second kappa shape index (κ2) is 6.50. The van der Waals surface area contributed by atoms with Crippen molar-refractivity contribution in [3.05, 3.63) is 29.3 Å². The van der Waals surface area contributed by atoms with Gasteiger partial charge in [0, 0.05) is 37.3 Å². The van der Waals surface area contributed by atoms with Crippen LogP contribution in [0.2, 0.25) is 0 Å². The van der Waals surface area contributed by atoms with Crippen molar-refractivity contribution in [2.75, 3.05) is 20.1 Å². The van der Waals surface area contributed by atoms with E-state index >= 15 is 0 Å². The van der Waals surface area contributed by atoms with Crippen LogP contribution in [-0.2, 0) is 6.54 Å². The first-order valence-corrected chi connectivity index (χ1v) is 7.02. The molecule has 3 nitrogen and oxygen atoms in total. The summed E-state index contributed by atoms with van der Waals surface area (Å²) in [4.78, 5) is 2.14. The average Bonchev–Trinajstić information content (AvgIpc) is 2.76. The highest BCUT2D eigenvalue weighted by Gasteiger charge is 2.24. The van der Waals surface area contributed by atoms with Gasteiger partial charge in [-0.3, -0.25) is 0 Å². The van der Waals surface area contributed by atoms with Crippen LogP contribution < -0.4 is 10.1 Å². The summed E-state index contributed by atoms with van der Waals surface area (Å²) < 4.78 is 33.1. The number of hydrogen-bond donors (Lipinski definition) is 1. The Morgan fingerprint density at radius 3 is 2.75 bits per heavy atom.